The predicted octanol–water partition coefficient (Wildman–Crippen LogP) is 5.52. The van der Waals surface area contributed by atoms with Gasteiger partial charge in [-0.25, -0.2) is 4.79 Å². The molecule has 0 fully saturated rings. The second kappa shape index (κ2) is 8.58. The Morgan fingerprint density at radius 1 is 0.808 bits per heavy atom. The number of amides is 2. The summed E-state index contributed by atoms with van der Waals surface area (Å²) in [5.41, 5.74) is 1.28. The van der Waals surface area contributed by atoms with E-state index in [1.165, 1.54) is 0 Å². The molecule has 5 nitrogen and oxygen atoms in total. The lowest BCUT2D eigenvalue weighted by molar-refractivity contribution is 0.262. The van der Waals surface area contributed by atoms with Crippen molar-refractivity contribution < 1.29 is 14.3 Å². The SMILES string of the molecule is CCOc1ccccc1NC(=O)Nc1ccc(Oc2ccccc2)cc1. The maximum absolute atomic E-state index is 12.2. The first-order valence-electron chi connectivity index (χ1n) is 8.37. The first kappa shape index (κ1) is 17.4. The Labute approximate surface area is 152 Å². The Morgan fingerprint density at radius 2 is 1.46 bits per heavy atom. The largest absolute Gasteiger partial charge is 0.492 e. The van der Waals surface area contributed by atoms with Crippen LogP contribution >= 0.6 is 0 Å². The number of nitrogens with one attached hydrogen (secondary N) is 2. The molecule has 0 unspecified atom stereocenters. The molecular formula is C21H20N2O3. The summed E-state index contributed by atoms with van der Waals surface area (Å²) in [7, 11) is 0. The average Bonchev–Trinajstić information content (AvgIpc) is 2.66. The monoisotopic (exact) mass is 348 g/mol. The highest BCUT2D eigenvalue weighted by Gasteiger charge is 2.07. The zero-order chi connectivity index (χ0) is 18.2. The topological polar surface area (TPSA) is 59.6 Å². The van der Waals surface area contributed by atoms with Crippen molar-refractivity contribution in [2.45, 2.75) is 6.92 Å². The summed E-state index contributed by atoms with van der Waals surface area (Å²) < 4.78 is 11.2. The summed E-state index contributed by atoms with van der Waals surface area (Å²) in [6, 6.07) is 23.7. The molecule has 132 valence electrons. The van der Waals surface area contributed by atoms with Crippen molar-refractivity contribution in [2.75, 3.05) is 17.2 Å². The van der Waals surface area contributed by atoms with Gasteiger partial charge in [-0.3, -0.25) is 0 Å². The van der Waals surface area contributed by atoms with E-state index in [9.17, 15) is 4.79 Å². The molecule has 0 aromatic heterocycles. The number of rotatable bonds is 6. The zero-order valence-corrected chi connectivity index (χ0v) is 14.4. The second-order valence-corrected chi connectivity index (χ2v) is 5.45. The molecule has 5 heteroatoms. The van der Waals surface area contributed by atoms with Crippen LogP contribution in [0.15, 0.2) is 78.9 Å². The zero-order valence-electron chi connectivity index (χ0n) is 14.4. The van der Waals surface area contributed by atoms with Gasteiger partial charge in [-0.05, 0) is 55.5 Å². The fraction of sp³-hybridized carbons (Fsp3) is 0.0952. The van der Waals surface area contributed by atoms with Crippen LogP contribution < -0.4 is 20.1 Å². The minimum Gasteiger partial charge on any atom is -0.492 e. The third-order valence-electron chi connectivity index (χ3n) is 3.53. The van der Waals surface area contributed by atoms with Gasteiger partial charge in [0, 0.05) is 5.69 Å². The number of carbonyl (C=O) groups excluding carboxylic acids is 1. The van der Waals surface area contributed by atoms with E-state index in [-0.39, 0.29) is 6.03 Å². The number of benzene rings is 3. The van der Waals surface area contributed by atoms with Crippen molar-refractivity contribution in [3.63, 3.8) is 0 Å². The van der Waals surface area contributed by atoms with Crippen molar-refractivity contribution in [3.05, 3.63) is 78.9 Å². The fourth-order valence-electron chi connectivity index (χ4n) is 2.37. The lowest BCUT2D eigenvalue weighted by atomic mass is 10.3. The van der Waals surface area contributed by atoms with Crippen LogP contribution in [0.25, 0.3) is 0 Å². The molecule has 3 aromatic carbocycles. The Morgan fingerprint density at radius 3 is 2.19 bits per heavy atom. The molecule has 0 aliphatic rings. The summed E-state index contributed by atoms with van der Waals surface area (Å²) in [6.07, 6.45) is 0. The number of ether oxygens (including phenoxy) is 2. The summed E-state index contributed by atoms with van der Waals surface area (Å²) in [6.45, 7) is 2.43. The maximum atomic E-state index is 12.2. The highest BCUT2D eigenvalue weighted by molar-refractivity contribution is 6.00. The quantitative estimate of drug-likeness (QED) is 0.616. The summed E-state index contributed by atoms with van der Waals surface area (Å²) >= 11 is 0. The second-order valence-electron chi connectivity index (χ2n) is 5.45. The predicted molar refractivity (Wildman–Crippen MR) is 103 cm³/mol. The van der Waals surface area contributed by atoms with Crippen molar-refractivity contribution in [1.82, 2.24) is 0 Å². The van der Waals surface area contributed by atoms with Crippen molar-refractivity contribution in [2.24, 2.45) is 0 Å². The van der Waals surface area contributed by atoms with Crippen LogP contribution in [0.1, 0.15) is 6.92 Å². The molecule has 0 saturated heterocycles. The highest BCUT2D eigenvalue weighted by Crippen LogP contribution is 2.25. The maximum Gasteiger partial charge on any atom is 0.323 e. The van der Waals surface area contributed by atoms with Gasteiger partial charge in [0.2, 0.25) is 0 Å². The van der Waals surface area contributed by atoms with Crippen LogP contribution in [0, 0.1) is 0 Å². The first-order valence-corrected chi connectivity index (χ1v) is 8.37. The summed E-state index contributed by atoms with van der Waals surface area (Å²) in [5.74, 6) is 2.10. The van der Waals surface area contributed by atoms with E-state index >= 15 is 0 Å². The standard InChI is InChI=1S/C21H20N2O3/c1-2-25-20-11-7-6-10-19(20)23-21(24)22-16-12-14-18(15-13-16)26-17-8-4-3-5-9-17/h3-15H,2H2,1H3,(H2,22,23,24). The number of hydrogen-bond donors (Lipinski definition) is 2. The molecule has 0 spiro atoms. The van der Waals surface area contributed by atoms with Gasteiger partial charge >= 0.3 is 6.03 Å². The number of hydrogen-bond acceptors (Lipinski definition) is 3. The highest BCUT2D eigenvalue weighted by atomic mass is 16.5. The minimum atomic E-state index is -0.339. The Hall–Kier alpha value is -3.47. The van der Waals surface area contributed by atoms with E-state index in [2.05, 4.69) is 10.6 Å². The van der Waals surface area contributed by atoms with E-state index in [1.807, 2.05) is 55.5 Å². The van der Waals surface area contributed by atoms with Gasteiger partial charge in [0.15, 0.2) is 0 Å². The van der Waals surface area contributed by atoms with Gasteiger partial charge in [0.05, 0.1) is 12.3 Å². The molecule has 0 saturated carbocycles. The van der Waals surface area contributed by atoms with Gasteiger partial charge in [-0.2, -0.15) is 0 Å². The lowest BCUT2D eigenvalue weighted by Crippen LogP contribution is -2.19. The van der Waals surface area contributed by atoms with Crippen molar-refractivity contribution >= 4 is 17.4 Å². The third-order valence-corrected chi connectivity index (χ3v) is 3.53. The van der Waals surface area contributed by atoms with Gasteiger partial charge in [0.25, 0.3) is 0 Å². The Kier molecular flexibility index (Phi) is 5.72. The molecule has 0 aliphatic heterocycles. The van der Waals surface area contributed by atoms with E-state index in [0.29, 0.717) is 29.5 Å². The number of urea groups is 1. The molecule has 0 heterocycles. The van der Waals surface area contributed by atoms with Crippen LogP contribution in [0.5, 0.6) is 17.2 Å². The van der Waals surface area contributed by atoms with E-state index in [1.54, 1.807) is 30.3 Å². The van der Waals surface area contributed by atoms with Crippen LogP contribution in [0.3, 0.4) is 0 Å². The molecule has 0 radical (unpaired) electrons. The molecule has 0 bridgehead atoms. The van der Waals surface area contributed by atoms with Crippen LogP contribution in [-0.2, 0) is 0 Å². The van der Waals surface area contributed by atoms with Crippen LogP contribution in [0.2, 0.25) is 0 Å². The Bertz CT molecular complexity index is 849. The van der Waals surface area contributed by atoms with Crippen molar-refractivity contribution in [3.8, 4) is 17.2 Å². The fourth-order valence-corrected chi connectivity index (χ4v) is 2.37. The minimum absolute atomic E-state index is 0.339. The van der Waals surface area contributed by atoms with Gasteiger partial charge < -0.3 is 20.1 Å². The molecule has 0 atom stereocenters. The summed E-state index contributed by atoms with van der Waals surface area (Å²) in [4.78, 5) is 12.2. The average molecular weight is 348 g/mol. The molecule has 0 aliphatic carbocycles. The lowest BCUT2D eigenvalue weighted by Gasteiger charge is -2.12. The van der Waals surface area contributed by atoms with E-state index in [0.717, 1.165) is 5.75 Å². The number of para-hydroxylation sites is 3. The summed E-state index contributed by atoms with van der Waals surface area (Å²) in [5, 5.41) is 5.58. The smallest absolute Gasteiger partial charge is 0.323 e. The molecule has 26 heavy (non-hydrogen) atoms. The number of anilines is 2. The molecule has 2 N–H and O–H groups in total. The van der Waals surface area contributed by atoms with Gasteiger partial charge in [-0.15, -0.1) is 0 Å². The van der Waals surface area contributed by atoms with Gasteiger partial charge in [-0.1, -0.05) is 30.3 Å². The molecule has 3 rings (SSSR count). The van der Waals surface area contributed by atoms with E-state index < -0.39 is 0 Å². The molecule has 3 aromatic rings. The molecular weight excluding hydrogens is 328 g/mol. The third kappa shape index (κ3) is 4.77. The molecule has 2 amide bonds. The van der Waals surface area contributed by atoms with Gasteiger partial charge in [0.1, 0.15) is 17.2 Å². The van der Waals surface area contributed by atoms with E-state index in [4.69, 9.17) is 9.47 Å². The number of carbonyl (C=O) groups is 1. The Balaban J connectivity index is 1.59. The normalized spacial score (nSPS) is 10.0. The van der Waals surface area contributed by atoms with Crippen LogP contribution in [-0.4, -0.2) is 12.6 Å². The first-order chi connectivity index (χ1) is 12.7. The van der Waals surface area contributed by atoms with Crippen LogP contribution in [0.4, 0.5) is 16.2 Å². The van der Waals surface area contributed by atoms with Crippen molar-refractivity contribution in [1.29, 1.82) is 0 Å².